The number of hydrogen-bond donors (Lipinski definition) is 0. The molecule has 0 aliphatic carbocycles. The molecule has 128 valence electrons. The molecular formula is C20H15N3O2S. The number of rotatable bonds is 5. The van der Waals surface area contributed by atoms with Crippen LogP contribution in [0.2, 0.25) is 0 Å². The second-order valence-corrected chi connectivity index (χ2v) is 6.25. The average Bonchev–Trinajstić information content (AvgIpc) is 2.70. The van der Waals surface area contributed by atoms with Gasteiger partial charge in [0.05, 0.1) is 12.2 Å². The molecule has 1 aromatic heterocycles. The normalized spacial score (nSPS) is 10.3. The second-order valence-electron chi connectivity index (χ2n) is 5.48. The number of ketones is 1. The van der Waals surface area contributed by atoms with E-state index in [9.17, 15) is 14.9 Å². The Bertz CT molecular complexity index is 1040. The summed E-state index contributed by atoms with van der Waals surface area (Å²) in [5, 5.41) is 9.90. The van der Waals surface area contributed by atoms with Crippen molar-refractivity contribution in [1.82, 2.24) is 9.55 Å². The zero-order chi connectivity index (χ0) is 18.5. The van der Waals surface area contributed by atoms with Crippen LogP contribution >= 0.6 is 11.8 Å². The fourth-order valence-corrected chi connectivity index (χ4v) is 3.15. The Morgan fingerprint density at radius 3 is 2.31 bits per heavy atom. The van der Waals surface area contributed by atoms with Crippen LogP contribution in [0.1, 0.15) is 15.9 Å². The molecule has 0 radical (unpaired) electrons. The Kier molecular flexibility index (Phi) is 5.30. The summed E-state index contributed by atoms with van der Waals surface area (Å²) in [4.78, 5) is 29.9. The summed E-state index contributed by atoms with van der Waals surface area (Å²) in [5.74, 6) is -0.207. The van der Waals surface area contributed by atoms with Crippen molar-refractivity contribution in [3.05, 3.63) is 82.1 Å². The van der Waals surface area contributed by atoms with Gasteiger partial charge in [-0.15, -0.1) is 0 Å². The molecule has 1 heterocycles. The van der Waals surface area contributed by atoms with E-state index in [0.29, 0.717) is 22.0 Å². The standard InChI is InChI=1S/C20H15N3O2S/c1-26-20-22-18(15-10-6-3-7-11-15)16(12-21)19(25)23(20)13-17(24)14-8-4-2-5-9-14/h2-11H,13H2,1H3. The van der Waals surface area contributed by atoms with E-state index in [2.05, 4.69) is 4.98 Å². The van der Waals surface area contributed by atoms with Crippen molar-refractivity contribution in [2.75, 3.05) is 6.26 Å². The van der Waals surface area contributed by atoms with Crippen molar-refractivity contribution in [2.45, 2.75) is 11.7 Å². The molecular weight excluding hydrogens is 346 g/mol. The van der Waals surface area contributed by atoms with Crippen molar-refractivity contribution >= 4 is 17.5 Å². The summed E-state index contributed by atoms with van der Waals surface area (Å²) in [5.41, 5.74) is 0.978. The topological polar surface area (TPSA) is 75.8 Å². The quantitative estimate of drug-likeness (QED) is 0.395. The molecule has 0 aliphatic rings. The molecule has 0 saturated carbocycles. The van der Waals surface area contributed by atoms with Gasteiger partial charge in [0, 0.05) is 11.1 Å². The summed E-state index contributed by atoms with van der Waals surface area (Å²) in [6.45, 7) is -0.157. The van der Waals surface area contributed by atoms with E-state index >= 15 is 0 Å². The van der Waals surface area contributed by atoms with Gasteiger partial charge in [-0.25, -0.2) is 4.98 Å². The highest BCUT2D eigenvalue weighted by atomic mass is 32.2. The highest BCUT2D eigenvalue weighted by molar-refractivity contribution is 7.98. The average molecular weight is 361 g/mol. The van der Waals surface area contributed by atoms with Gasteiger partial charge in [-0.2, -0.15) is 5.26 Å². The van der Waals surface area contributed by atoms with Crippen LogP contribution in [0.25, 0.3) is 11.3 Å². The Labute approximate surface area is 154 Å². The van der Waals surface area contributed by atoms with Gasteiger partial charge in [0.25, 0.3) is 5.56 Å². The summed E-state index contributed by atoms with van der Waals surface area (Å²) >= 11 is 1.27. The minimum Gasteiger partial charge on any atom is -0.292 e. The molecule has 0 amide bonds. The highest BCUT2D eigenvalue weighted by Crippen LogP contribution is 2.22. The molecule has 0 bridgehead atoms. The number of nitriles is 1. The maximum Gasteiger partial charge on any atom is 0.273 e. The van der Waals surface area contributed by atoms with E-state index < -0.39 is 5.56 Å². The number of benzene rings is 2. The van der Waals surface area contributed by atoms with Crippen LogP contribution < -0.4 is 5.56 Å². The predicted molar refractivity (Wildman–Crippen MR) is 101 cm³/mol. The largest absolute Gasteiger partial charge is 0.292 e. The van der Waals surface area contributed by atoms with Crippen molar-refractivity contribution < 1.29 is 4.79 Å². The summed E-state index contributed by atoms with van der Waals surface area (Å²) in [6, 6.07) is 19.8. The van der Waals surface area contributed by atoms with E-state index in [0.717, 1.165) is 0 Å². The second kappa shape index (κ2) is 7.81. The third kappa shape index (κ3) is 3.44. The number of hydrogen-bond acceptors (Lipinski definition) is 5. The maximum absolute atomic E-state index is 12.9. The van der Waals surface area contributed by atoms with Crippen LogP contribution in [0.3, 0.4) is 0 Å². The molecule has 6 heteroatoms. The molecule has 0 N–H and O–H groups in total. The van der Waals surface area contributed by atoms with Crippen molar-refractivity contribution in [2.24, 2.45) is 0 Å². The van der Waals surface area contributed by atoms with E-state index in [-0.39, 0.29) is 17.9 Å². The zero-order valence-corrected chi connectivity index (χ0v) is 14.9. The lowest BCUT2D eigenvalue weighted by molar-refractivity contribution is 0.0967. The number of thioether (sulfide) groups is 1. The first-order chi connectivity index (χ1) is 12.7. The monoisotopic (exact) mass is 361 g/mol. The first-order valence-electron chi connectivity index (χ1n) is 7.88. The first-order valence-corrected chi connectivity index (χ1v) is 9.10. The van der Waals surface area contributed by atoms with Gasteiger partial charge in [0.15, 0.2) is 10.9 Å². The SMILES string of the molecule is CSc1nc(-c2ccccc2)c(C#N)c(=O)n1CC(=O)c1ccccc1. The van der Waals surface area contributed by atoms with Gasteiger partial charge >= 0.3 is 0 Å². The Balaban J connectivity index is 2.11. The minimum absolute atomic E-state index is 0.0603. The number of nitrogens with zero attached hydrogens (tertiary/aromatic N) is 3. The van der Waals surface area contributed by atoms with Gasteiger partial charge in [0.1, 0.15) is 11.6 Å². The van der Waals surface area contributed by atoms with E-state index in [1.54, 1.807) is 42.7 Å². The highest BCUT2D eigenvalue weighted by Gasteiger charge is 2.19. The van der Waals surface area contributed by atoms with Crippen LogP contribution in [0.5, 0.6) is 0 Å². The van der Waals surface area contributed by atoms with Crippen molar-refractivity contribution in [1.29, 1.82) is 5.26 Å². The van der Waals surface area contributed by atoms with Crippen molar-refractivity contribution in [3.63, 3.8) is 0 Å². The third-order valence-electron chi connectivity index (χ3n) is 3.87. The molecule has 3 rings (SSSR count). The van der Waals surface area contributed by atoms with Crippen LogP contribution in [-0.2, 0) is 6.54 Å². The molecule has 0 atom stereocenters. The fourth-order valence-electron chi connectivity index (χ4n) is 2.59. The Morgan fingerprint density at radius 1 is 1.12 bits per heavy atom. The van der Waals surface area contributed by atoms with E-state index in [1.807, 2.05) is 30.3 Å². The van der Waals surface area contributed by atoms with Gasteiger partial charge in [-0.3, -0.25) is 14.2 Å². The Morgan fingerprint density at radius 2 is 1.73 bits per heavy atom. The third-order valence-corrected chi connectivity index (χ3v) is 4.55. The van der Waals surface area contributed by atoms with E-state index in [1.165, 1.54) is 16.3 Å². The van der Waals surface area contributed by atoms with Gasteiger partial charge in [-0.05, 0) is 6.26 Å². The molecule has 0 aliphatic heterocycles. The number of carbonyl (C=O) groups excluding carboxylic acids is 1. The molecule has 3 aromatic rings. The molecule has 26 heavy (non-hydrogen) atoms. The minimum atomic E-state index is -0.505. The van der Waals surface area contributed by atoms with Crippen LogP contribution in [0.15, 0.2) is 70.6 Å². The van der Waals surface area contributed by atoms with Gasteiger partial charge < -0.3 is 0 Å². The maximum atomic E-state index is 12.9. The first kappa shape index (κ1) is 17.6. The lowest BCUT2D eigenvalue weighted by Gasteiger charge is -2.13. The molecule has 0 spiro atoms. The lowest BCUT2D eigenvalue weighted by Crippen LogP contribution is -2.29. The predicted octanol–water partition coefficient (Wildman–Crippen LogP) is 3.39. The zero-order valence-electron chi connectivity index (χ0n) is 14.0. The van der Waals surface area contributed by atoms with Gasteiger partial charge in [0.2, 0.25) is 0 Å². The van der Waals surface area contributed by atoms with Crippen LogP contribution in [0, 0.1) is 11.3 Å². The molecule has 0 unspecified atom stereocenters. The molecule has 0 fully saturated rings. The molecule has 5 nitrogen and oxygen atoms in total. The Hall–Kier alpha value is -3.17. The summed E-state index contributed by atoms with van der Waals surface area (Å²) in [6.07, 6.45) is 1.78. The lowest BCUT2D eigenvalue weighted by atomic mass is 10.1. The van der Waals surface area contributed by atoms with Crippen LogP contribution in [-0.4, -0.2) is 21.6 Å². The fraction of sp³-hybridized carbons (Fsp3) is 0.100. The van der Waals surface area contributed by atoms with Gasteiger partial charge in [-0.1, -0.05) is 72.4 Å². The molecule has 0 saturated heterocycles. The van der Waals surface area contributed by atoms with Crippen LogP contribution in [0.4, 0.5) is 0 Å². The number of Topliss-reactive ketones (excluding diaryl/α,β-unsaturated/α-hetero) is 1. The summed E-state index contributed by atoms with van der Waals surface area (Å²) in [7, 11) is 0. The molecule has 2 aromatic carbocycles. The summed E-state index contributed by atoms with van der Waals surface area (Å²) < 4.78 is 1.27. The smallest absolute Gasteiger partial charge is 0.273 e. The number of aromatic nitrogens is 2. The van der Waals surface area contributed by atoms with E-state index in [4.69, 9.17) is 0 Å². The van der Waals surface area contributed by atoms with Crippen molar-refractivity contribution in [3.8, 4) is 17.3 Å². The number of carbonyl (C=O) groups is 1.